The summed E-state index contributed by atoms with van der Waals surface area (Å²) < 4.78 is 39.0. The van der Waals surface area contributed by atoms with Crippen molar-refractivity contribution in [3.8, 4) is 0 Å². The van der Waals surface area contributed by atoms with E-state index in [4.69, 9.17) is 11.6 Å². The van der Waals surface area contributed by atoms with E-state index >= 15 is 0 Å². The summed E-state index contributed by atoms with van der Waals surface area (Å²) in [6, 6.07) is 10.9. The number of anilines is 2. The van der Waals surface area contributed by atoms with E-state index in [0.29, 0.717) is 11.8 Å². The highest BCUT2D eigenvalue weighted by atomic mass is 35.5. The van der Waals surface area contributed by atoms with E-state index in [2.05, 4.69) is 10.6 Å². The molecule has 0 saturated heterocycles. The maximum absolute atomic E-state index is 13.0. The van der Waals surface area contributed by atoms with Crippen LogP contribution in [0.25, 0.3) is 0 Å². The molecule has 0 aromatic heterocycles. The SMILES string of the molecule is O=C(CCl)Nc1cc(C(=O)Nc2ccccc2)cc(C(F)(F)F)c1. The number of rotatable bonds is 4. The summed E-state index contributed by atoms with van der Waals surface area (Å²) in [4.78, 5) is 23.5. The molecule has 0 spiro atoms. The average molecular weight is 357 g/mol. The first kappa shape index (κ1) is 17.8. The van der Waals surface area contributed by atoms with Crippen molar-refractivity contribution in [1.82, 2.24) is 0 Å². The predicted octanol–water partition coefficient (Wildman–Crippen LogP) is 4.14. The zero-order valence-electron chi connectivity index (χ0n) is 12.2. The van der Waals surface area contributed by atoms with Gasteiger partial charge in [-0.15, -0.1) is 11.6 Å². The molecule has 126 valence electrons. The summed E-state index contributed by atoms with van der Waals surface area (Å²) >= 11 is 5.33. The number of alkyl halides is 4. The lowest BCUT2D eigenvalue weighted by Gasteiger charge is -2.13. The van der Waals surface area contributed by atoms with E-state index in [0.717, 1.165) is 12.1 Å². The number of hydrogen-bond donors (Lipinski definition) is 2. The van der Waals surface area contributed by atoms with E-state index in [-0.39, 0.29) is 11.3 Å². The molecule has 2 N–H and O–H groups in total. The third kappa shape index (κ3) is 4.73. The highest BCUT2D eigenvalue weighted by Crippen LogP contribution is 2.32. The van der Waals surface area contributed by atoms with Crippen LogP contribution >= 0.6 is 11.6 Å². The zero-order valence-corrected chi connectivity index (χ0v) is 12.9. The van der Waals surface area contributed by atoms with Gasteiger partial charge in [0.05, 0.1) is 5.56 Å². The van der Waals surface area contributed by atoms with Gasteiger partial charge in [-0.3, -0.25) is 9.59 Å². The fourth-order valence-corrected chi connectivity index (χ4v) is 1.98. The molecular weight excluding hydrogens is 345 g/mol. The first-order valence-corrected chi connectivity index (χ1v) is 7.27. The monoisotopic (exact) mass is 356 g/mol. The highest BCUT2D eigenvalue weighted by molar-refractivity contribution is 6.29. The summed E-state index contributed by atoms with van der Waals surface area (Å²) in [5, 5.41) is 4.70. The molecule has 2 amide bonds. The number of para-hydroxylation sites is 1. The van der Waals surface area contributed by atoms with Gasteiger partial charge < -0.3 is 10.6 Å². The van der Waals surface area contributed by atoms with Gasteiger partial charge in [-0.25, -0.2) is 0 Å². The molecule has 0 aliphatic heterocycles. The van der Waals surface area contributed by atoms with Crippen LogP contribution in [0.1, 0.15) is 15.9 Å². The lowest BCUT2D eigenvalue weighted by Crippen LogP contribution is -2.17. The Morgan fingerprint density at radius 3 is 2.21 bits per heavy atom. The molecule has 0 radical (unpaired) electrons. The number of carbonyl (C=O) groups excluding carboxylic acids is 2. The van der Waals surface area contributed by atoms with Crippen molar-refractivity contribution in [3.63, 3.8) is 0 Å². The molecule has 2 aromatic carbocycles. The molecule has 0 atom stereocenters. The Hall–Kier alpha value is -2.54. The largest absolute Gasteiger partial charge is 0.416 e. The van der Waals surface area contributed by atoms with Crippen LogP contribution in [0.3, 0.4) is 0 Å². The Kier molecular flexibility index (Phi) is 5.46. The number of hydrogen-bond acceptors (Lipinski definition) is 2. The summed E-state index contributed by atoms with van der Waals surface area (Å²) in [7, 11) is 0. The van der Waals surface area contributed by atoms with Crippen molar-refractivity contribution in [2.24, 2.45) is 0 Å². The fraction of sp³-hybridized carbons (Fsp3) is 0.125. The van der Waals surface area contributed by atoms with Crippen molar-refractivity contribution >= 4 is 34.8 Å². The normalized spacial score (nSPS) is 11.0. The number of nitrogens with one attached hydrogen (secondary N) is 2. The first-order valence-electron chi connectivity index (χ1n) is 6.74. The van der Waals surface area contributed by atoms with Crippen LogP contribution in [0.4, 0.5) is 24.5 Å². The van der Waals surface area contributed by atoms with Crippen LogP contribution in [0.15, 0.2) is 48.5 Å². The topological polar surface area (TPSA) is 58.2 Å². The molecule has 0 unspecified atom stereocenters. The second-order valence-corrected chi connectivity index (χ2v) is 5.07. The van der Waals surface area contributed by atoms with Gasteiger partial charge in [0.25, 0.3) is 5.91 Å². The highest BCUT2D eigenvalue weighted by Gasteiger charge is 2.32. The molecule has 0 aliphatic carbocycles. The average Bonchev–Trinajstić information content (AvgIpc) is 2.54. The summed E-state index contributed by atoms with van der Waals surface area (Å²) in [5.41, 5.74) is -1.01. The van der Waals surface area contributed by atoms with Crippen LogP contribution in [-0.4, -0.2) is 17.7 Å². The van der Waals surface area contributed by atoms with E-state index < -0.39 is 29.4 Å². The summed E-state index contributed by atoms with van der Waals surface area (Å²) in [6.07, 6.45) is -4.66. The van der Waals surface area contributed by atoms with Crippen LogP contribution in [0.2, 0.25) is 0 Å². The minimum Gasteiger partial charge on any atom is -0.325 e. The molecule has 2 aromatic rings. The minimum atomic E-state index is -4.66. The molecule has 8 heteroatoms. The molecule has 0 bridgehead atoms. The molecule has 0 fully saturated rings. The van der Waals surface area contributed by atoms with Crippen molar-refractivity contribution in [2.45, 2.75) is 6.18 Å². The van der Waals surface area contributed by atoms with Gasteiger partial charge in [0, 0.05) is 16.9 Å². The van der Waals surface area contributed by atoms with Gasteiger partial charge in [-0.1, -0.05) is 18.2 Å². The summed E-state index contributed by atoms with van der Waals surface area (Å²) in [6.45, 7) is 0. The van der Waals surface area contributed by atoms with E-state index in [9.17, 15) is 22.8 Å². The smallest absolute Gasteiger partial charge is 0.325 e. The number of carbonyl (C=O) groups is 2. The fourth-order valence-electron chi connectivity index (χ4n) is 1.91. The quantitative estimate of drug-likeness (QED) is 0.809. The van der Waals surface area contributed by atoms with E-state index in [1.165, 1.54) is 0 Å². The van der Waals surface area contributed by atoms with Crippen molar-refractivity contribution < 1.29 is 22.8 Å². The van der Waals surface area contributed by atoms with Crippen LogP contribution in [0.5, 0.6) is 0 Å². The van der Waals surface area contributed by atoms with Gasteiger partial charge in [-0.05, 0) is 30.3 Å². The Morgan fingerprint density at radius 2 is 1.62 bits per heavy atom. The van der Waals surface area contributed by atoms with Crippen LogP contribution in [-0.2, 0) is 11.0 Å². The Labute approximate surface area is 140 Å². The lowest BCUT2D eigenvalue weighted by atomic mass is 10.1. The van der Waals surface area contributed by atoms with E-state index in [1.807, 2.05) is 0 Å². The molecule has 4 nitrogen and oxygen atoms in total. The van der Waals surface area contributed by atoms with Gasteiger partial charge in [-0.2, -0.15) is 13.2 Å². The molecule has 0 saturated carbocycles. The Morgan fingerprint density at radius 1 is 0.958 bits per heavy atom. The van der Waals surface area contributed by atoms with Crippen LogP contribution in [0, 0.1) is 0 Å². The Balaban J connectivity index is 2.35. The number of halogens is 4. The third-order valence-corrected chi connectivity index (χ3v) is 3.20. The second kappa shape index (κ2) is 7.35. The molecule has 0 aliphatic rings. The van der Waals surface area contributed by atoms with E-state index in [1.54, 1.807) is 30.3 Å². The van der Waals surface area contributed by atoms with Crippen molar-refractivity contribution in [3.05, 3.63) is 59.7 Å². The van der Waals surface area contributed by atoms with Gasteiger partial charge in [0.1, 0.15) is 5.88 Å². The van der Waals surface area contributed by atoms with Gasteiger partial charge in [0.2, 0.25) is 5.91 Å². The summed E-state index contributed by atoms with van der Waals surface area (Å²) in [5.74, 6) is -1.82. The van der Waals surface area contributed by atoms with Crippen molar-refractivity contribution in [1.29, 1.82) is 0 Å². The molecule has 0 heterocycles. The number of amides is 2. The molecule has 24 heavy (non-hydrogen) atoms. The minimum absolute atomic E-state index is 0.159. The maximum Gasteiger partial charge on any atom is 0.416 e. The third-order valence-electron chi connectivity index (χ3n) is 2.96. The maximum atomic E-state index is 13.0. The zero-order chi connectivity index (χ0) is 17.7. The van der Waals surface area contributed by atoms with Gasteiger partial charge in [0.15, 0.2) is 0 Å². The predicted molar refractivity (Wildman–Crippen MR) is 85.2 cm³/mol. The van der Waals surface area contributed by atoms with Crippen LogP contribution < -0.4 is 10.6 Å². The standard InChI is InChI=1S/C16H12ClF3N2O2/c17-9-14(23)21-13-7-10(6-11(8-13)16(18,19)20)15(24)22-12-4-2-1-3-5-12/h1-8H,9H2,(H,21,23)(H,22,24). The number of benzene rings is 2. The molecule has 2 rings (SSSR count). The molecular formula is C16H12ClF3N2O2. The van der Waals surface area contributed by atoms with Gasteiger partial charge >= 0.3 is 6.18 Å². The van der Waals surface area contributed by atoms with Crippen molar-refractivity contribution in [2.75, 3.05) is 16.5 Å². The Bertz CT molecular complexity index is 749. The first-order chi connectivity index (χ1) is 11.3. The lowest BCUT2D eigenvalue weighted by molar-refractivity contribution is -0.137. The second-order valence-electron chi connectivity index (χ2n) is 4.80.